The summed E-state index contributed by atoms with van der Waals surface area (Å²) in [6, 6.07) is 11.3. The number of halogens is 17. The van der Waals surface area contributed by atoms with E-state index in [0.717, 1.165) is 18.2 Å². The van der Waals surface area contributed by atoms with Gasteiger partial charge in [0.05, 0.1) is 12.0 Å². The van der Waals surface area contributed by atoms with E-state index < -0.39 is 65.2 Å². The fraction of sp³-hybridized carbons (Fsp3) is 0.478. The Hall–Kier alpha value is -2.79. The van der Waals surface area contributed by atoms with Crippen LogP contribution in [0.4, 0.5) is 74.6 Å². The summed E-state index contributed by atoms with van der Waals surface area (Å²) in [5.74, 6) is -57.1. The molecule has 0 amide bonds. The van der Waals surface area contributed by atoms with Gasteiger partial charge >= 0.3 is 47.6 Å². The Balaban J connectivity index is 2.55. The summed E-state index contributed by atoms with van der Waals surface area (Å²) in [7, 11) is 0. The maximum atomic E-state index is 14.5. The van der Waals surface area contributed by atoms with Gasteiger partial charge in [-0.25, -0.2) is 0 Å². The number of aliphatic hydroxyl groups is 1. The molecule has 18 heteroatoms. The normalized spacial score (nSPS) is 16.5. The zero-order chi connectivity index (χ0) is 32.3. The van der Waals surface area contributed by atoms with Crippen molar-refractivity contribution in [2.45, 2.75) is 66.6 Å². The number of rotatable bonds is 10. The molecule has 0 saturated heterocycles. The van der Waals surface area contributed by atoms with E-state index >= 15 is 0 Å². The molecule has 0 aliphatic carbocycles. The van der Waals surface area contributed by atoms with Gasteiger partial charge in [0.1, 0.15) is 0 Å². The topological polar surface area (TPSA) is 20.2 Å². The molecule has 41 heavy (non-hydrogen) atoms. The van der Waals surface area contributed by atoms with E-state index in [9.17, 15) is 79.7 Å². The molecule has 0 heterocycles. The van der Waals surface area contributed by atoms with Gasteiger partial charge in [0.25, 0.3) is 0 Å². The van der Waals surface area contributed by atoms with Crippen molar-refractivity contribution in [3.8, 4) is 11.1 Å². The van der Waals surface area contributed by atoms with Gasteiger partial charge in [-0.3, -0.25) is 0 Å². The summed E-state index contributed by atoms with van der Waals surface area (Å²) in [6.07, 6.45) is -10.8. The lowest BCUT2D eigenvalue weighted by atomic mass is 9.82. The molecule has 0 saturated carbocycles. The third kappa shape index (κ3) is 5.20. The first kappa shape index (κ1) is 34.4. The van der Waals surface area contributed by atoms with E-state index in [1.54, 1.807) is 0 Å². The smallest absolute Gasteiger partial charge is 0.385 e. The van der Waals surface area contributed by atoms with Crippen molar-refractivity contribution in [1.29, 1.82) is 0 Å². The number of hydrogen-bond donors (Lipinski definition) is 1. The van der Waals surface area contributed by atoms with E-state index in [0.29, 0.717) is 5.56 Å². The molecule has 0 spiro atoms. The molecule has 2 aromatic rings. The number of hydrogen-bond acceptors (Lipinski definition) is 1. The molecular weight excluding hydrogens is 615 g/mol. The zero-order valence-corrected chi connectivity index (χ0v) is 19.8. The average Bonchev–Trinajstić information content (AvgIpc) is 2.82. The number of alkyl halides is 17. The van der Waals surface area contributed by atoms with Crippen molar-refractivity contribution in [3.63, 3.8) is 0 Å². The van der Waals surface area contributed by atoms with E-state index in [1.807, 2.05) is 0 Å². The van der Waals surface area contributed by atoms with Crippen molar-refractivity contribution >= 4 is 0 Å². The SMILES string of the molecule is CC(O)(CC(F)(F)C(F)(F)C(F)(F)C(F)(F)C(F)(F)C(F)(F)C(F)(F)C(F)(F)F)c1cccc(-c2ccccc2)c1. The predicted octanol–water partition coefficient (Wildman–Crippen LogP) is 8.96. The van der Waals surface area contributed by atoms with Crippen LogP contribution in [0.5, 0.6) is 0 Å². The highest BCUT2D eigenvalue weighted by atomic mass is 19.4. The Bertz CT molecular complexity index is 1220. The van der Waals surface area contributed by atoms with Crippen LogP contribution >= 0.6 is 0 Å². The first-order valence-electron chi connectivity index (χ1n) is 10.6. The van der Waals surface area contributed by atoms with Gasteiger partial charge in [-0.2, -0.15) is 74.6 Å². The van der Waals surface area contributed by atoms with Gasteiger partial charge in [0.15, 0.2) is 0 Å². The van der Waals surface area contributed by atoms with Gasteiger partial charge in [-0.1, -0.05) is 48.5 Å². The molecule has 1 N–H and O–H groups in total. The minimum absolute atomic E-state index is 0.0998. The summed E-state index contributed by atoms with van der Waals surface area (Å²) in [6.45, 7) is 0.268. The summed E-state index contributed by atoms with van der Waals surface area (Å²) in [4.78, 5) is 0. The van der Waals surface area contributed by atoms with Crippen molar-refractivity contribution in [2.24, 2.45) is 0 Å². The van der Waals surface area contributed by atoms with Gasteiger partial charge in [0, 0.05) is 0 Å². The average molecular weight is 630 g/mol. The fourth-order valence-electron chi connectivity index (χ4n) is 3.51. The number of benzene rings is 2. The minimum Gasteiger partial charge on any atom is -0.385 e. The highest BCUT2D eigenvalue weighted by Crippen LogP contribution is 2.64. The minimum atomic E-state index is -8.70. The highest BCUT2D eigenvalue weighted by molar-refractivity contribution is 5.64. The van der Waals surface area contributed by atoms with E-state index in [2.05, 4.69) is 0 Å². The molecule has 232 valence electrons. The van der Waals surface area contributed by atoms with Crippen LogP contribution in [-0.2, 0) is 5.60 Å². The Morgan fingerprint density at radius 2 is 0.878 bits per heavy atom. The van der Waals surface area contributed by atoms with Gasteiger partial charge in [-0.05, 0) is 29.7 Å². The Morgan fingerprint density at radius 3 is 1.32 bits per heavy atom. The Labute approximate surface area is 218 Å². The first-order valence-corrected chi connectivity index (χ1v) is 10.6. The second kappa shape index (κ2) is 9.90. The molecule has 0 aliphatic heterocycles. The van der Waals surface area contributed by atoms with Crippen molar-refractivity contribution < 1.29 is 79.7 Å². The standard InChI is InChI=1S/C23H15F17O/c1-15(41,14-9-5-8-13(10-14)12-6-3-2-4-7-12)11-16(24,25)17(26,27)18(28,29)19(30,31)20(32,33)21(34,35)22(36,37)23(38,39)40/h2-10,41H,11H2,1H3. The maximum absolute atomic E-state index is 14.5. The molecule has 2 rings (SSSR count). The molecule has 0 fully saturated rings. The Kier molecular flexibility index (Phi) is 8.31. The third-order valence-corrected chi connectivity index (χ3v) is 5.94. The van der Waals surface area contributed by atoms with Crippen LogP contribution in [0.1, 0.15) is 18.9 Å². The summed E-state index contributed by atoms with van der Waals surface area (Å²) in [5, 5.41) is 10.4. The van der Waals surface area contributed by atoms with E-state index in [4.69, 9.17) is 0 Å². The quantitative estimate of drug-likeness (QED) is 0.260. The maximum Gasteiger partial charge on any atom is 0.460 e. The molecule has 2 aromatic carbocycles. The third-order valence-electron chi connectivity index (χ3n) is 5.94. The lowest BCUT2D eigenvalue weighted by Gasteiger charge is -2.43. The fourth-order valence-corrected chi connectivity index (χ4v) is 3.51. The van der Waals surface area contributed by atoms with Crippen molar-refractivity contribution in [3.05, 3.63) is 60.2 Å². The predicted molar refractivity (Wildman–Crippen MR) is 107 cm³/mol. The molecule has 0 aliphatic rings. The van der Waals surface area contributed by atoms with Crippen LogP contribution in [0.3, 0.4) is 0 Å². The lowest BCUT2D eigenvalue weighted by Crippen LogP contribution is -2.74. The Morgan fingerprint density at radius 1 is 0.488 bits per heavy atom. The monoisotopic (exact) mass is 630 g/mol. The molecule has 1 unspecified atom stereocenters. The van der Waals surface area contributed by atoms with Crippen LogP contribution in [0.2, 0.25) is 0 Å². The molecule has 1 nitrogen and oxygen atoms in total. The molecule has 0 radical (unpaired) electrons. The second-order valence-electron chi connectivity index (χ2n) is 9.05. The van der Waals surface area contributed by atoms with Gasteiger partial charge in [0.2, 0.25) is 0 Å². The van der Waals surface area contributed by atoms with Crippen LogP contribution in [-0.4, -0.2) is 52.7 Å². The van der Waals surface area contributed by atoms with E-state index in [-0.39, 0.29) is 12.5 Å². The van der Waals surface area contributed by atoms with Crippen LogP contribution in [0.25, 0.3) is 11.1 Å². The van der Waals surface area contributed by atoms with Crippen LogP contribution in [0.15, 0.2) is 54.6 Å². The molecule has 0 bridgehead atoms. The molecular formula is C23H15F17O. The van der Waals surface area contributed by atoms with Gasteiger partial charge in [-0.15, -0.1) is 0 Å². The molecule has 0 aromatic heterocycles. The summed E-state index contributed by atoms with van der Waals surface area (Å²) < 4.78 is 229. The van der Waals surface area contributed by atoms with E-state index in [1.165, 1.54) is 36.4 Å². The van der Waals surface area contributed by atoms with Crippen molar-refractivity contribution in [1.82, 2.24) is 0 Å². The zero-order valence-electron chi connectivity index (χ0n) is 19.8. The van der Waals surface area contributed by atoms with Gasteiger partial charge < -0.3 is 5.11 Å². The van der Waals surface area contributed by atoms with Crippen LogP contribution in [0, 0.1) is 0 Å². The highest BCUT2D eigenvalue weighted by Gasteiger charge is 2.95. The van der Waals surface area contributed by atoms with Crippen molar-refractivity contribution in [2.75, 3.05) is 0 Å². The first-order chi connectivity index (χ1) is 18.0. The summed E-state index contributed by atoms with van der Waals surface area (Å²) in [5.41, 5.74) is -3.71. The second-order valence-corrected chi connectivity index (χ2v) is 9.05. The lowest BCUT2D eigenvalue weighted by molar-refractivity contribution is -0.462. The molecule has 1 atom stereocenters. The summed E-state index contributed by atoms with van der Waals surface area (Å²) >= 11 is 0. The largest absolute Gasteiger partial charge is 0.460 e. The van der Waals surface area contributed by atoms with Crippen LogP contribution < -0.4 is 0 Å².